The van der Waals surface area contributed by atoms with Crippen LogP contribution in [0.2, 0.25) is 0 Å². The minimum atomic E-state index is -0.742. The third-order valence-electron chi connectivity index (χ3n) is 6.51. The summed E-state index contributed by atoms with van der Waals surface area (Å²) in [5.74, 6) is -1.70. The highest BCUT2D eigenvalue weighted by Gasteiger charge is 2.29. The van der Waals surface area contributed by atoms with Crippen molar-refractivity contribution in [3.8, 4) is 22.4 Å². The zero-order valence-corrected chi connectivity index (χ0v) is 19.4. The number of carbonyl (C=O) groups is 1. The Bertz CT molecular complexity index is 1490. The average molecular weight is 475 g/mol. The Morgan fingerprint density at radius 3 is 2.74 bits per heavy atom. The molecular formula is C26H24F2N6O. The summed E-state index contributed by atoms with van der Waals surface area (Å²) >= 11 is 0. The van der Waals surface area contributed by atoms with Crippen molar-refractivity contribution in [3.05, 3.63) is 71.3 Å². The Hall–Kier alpha value is -4.03. The molecule has 1 fully saturated rings. The average Bonchev–Trinajstić information content (AvgIpc) is 3.54. The number of hydrogen-bond acceptors (Lipinski definition) is 3. The van der Waals surface area contributed by atoms with Crippen LogP contribution in [-0.4, -0.2) is 39.9 Å². The molecule has 9 heteroatoms. The predicted octanol–water partition coefficient (Wildman–Crippen LogP) is 4.41. The van der Waals surface area contributed by atoms with Crippen molar-refractivity contribution in [2.24, 2.45) is 20.0 Å². The van der Waals surface area contributed by atoms with Gasteiger partial charge in [0, 0.05) is 37.8 Å². The molecule has 1 unspecified atom stereocenters. The zero-order valence-electron chi connectivity index (χ0n) is 19.4. The molecule has 1 saturated heterocycles. The number of nitrogens with zero attached hydrogens (tertiary/aromatic N) is 4. The lowest BCUT2D eigenvalue weighted by molar-refractivity contribution is 0.0936. The van der Waals surface area contributed by atoms with Crippen molar-refractivity contribution < 1.29 is 13.6 Å². The topological polar surface area (TPSA) is 68.2 Å². The molecule has 2 N–H and O–H groups in total. The standard InChI is InChI=1S/C26H24F2N6O/c1-29-21-7-4-16(11-19(21)27)22-23(28)25(26(35)31-13-15-8-9-30-12-15)34(3)24(22)17-5-6-20-18(10-17)14-33(2)32-20/h4-7,10-11,14-15,30H,8-9,12-13H2,2-3H3,(H,31,35). The number of aryl methyl sites for hydroxylation is 1. The molecule has 3 heterocycles. The number of amides is 1. The van der Waals surface area contributed by atoms with Gasteiger partial charge in [-0.25, -0.2) is 13.6 Å². The normalized spacial score (nSPS) is 15.5. The van der Waals surface area contributed by atoms with Crippen LogP contribution < -0.4 is 10.6 Å². The first-order valence-corrected chi connectivity index (χ1v) is 11.4. The lowest BCUT2D eigenvalue weighted by atomic mass is 9.99. The van der Waals surface area contributed by atoms with E-state index < -0.39 is 17.5 Å². The summed E-state index contributed by atoms with van der Waals surface area (Å²) in [7, 11) is 3.45. The second-order valence-corrected chi connectivity index (χ2v) is 8.87. The lowest BCUT2D eigenvalue weighted by Gasteiger charge is -2.12. The van der Waals surface area contributed by atoms with Crippen molar-refractivity contribution in [1.29, 1.82) is 0 Å². The minimum absolute atomic E-state index is 0.110. The molecule has 1 amide bonds. The maximum Gasteiger partial charge on any atom is 0.271 e. The van der Waals surface area contributed by atoms with Crippen molar-refractivity contribution in [1.82, 2.24) is 25.0 Å². The van der Waals surface area contributed by atoms with Crippen LogP contribution in [0.25, 0.3) is 38.1 Å². The summed E-state index contributed by atoms with van der Waals surface area (Å²) in [5.41, 5.74) is 1.98. The Kier molecular flexibility index (Phi) is 5.83. The van der Waals surface area contributed by atoms with E-state index in [-0.39, 0.29) is 22.5 Å². The van der Waals surface area contributed by atoms with Crippen molar-refractivity contribution >= 4 is 22.5 Å². The molecule has 5 rings (SSSR count). The van der Waals surface area contributed by atoms with Gasteiger partial charge >= 0.3 is 0 Å². The summed E-state index contributed by atoms with van der Waals surface area (Å²) in [6.45, 7) is 9.26. The molecule has 0 aliphatic carbocycles. The van der Waals surface area contributed by atoms with E-state index in [2.05, 4.69) is 20.6 Å². The van der Waals surface area contributed by atoms with E-state index in [1.54, 1.807) is 11.7 Å². The van der Waals surface area contributed by atoms with Crippen molar-refractivity contribution in [2.45, 2.75) is 6.42 Å². The summed E-state index contributed by atoms with van der Waals surface area (Å²) in [4.78, 5) is 16.3. The smallest absolute Gasteiger partial charge is 0.271 e. The predicted molar refractivity (Wildman–Crippen MR) is 130 cm³/mol. The number of halogens is 2. The molecule has 0 spiro atoms. The van der Waals surface area contributed by atoms with Crippen LogP contribution in [0.15, 0.2) is 42.6 Å². The molecule has 1 aliphatic heterocycles. The van der Waals surface area contributed by atoms with E-state index in [1.165, 1.54) is 16.7 Å². The SMILES string of the molecule is [C-]#[N+]c1ccc(-c2c(F)c(C(=O)NCC3CCNC3)n(C)c2-c2ccc3nn(C)cc3c2)cc1F. The number of benzene rings is 2. The van der Waals surface area contributed by atoms with Gasteiger partial charge in [-0.05, 0) is 54.8 Å². The summed E-state index contributed by atoms with van der Waals surface area (Å²) < 4.78 is 33.8. The van der Waals surface area contributed by atoms with Crippen LogP contribution in [0.5, 0.6) is 0 Å². The van der Waals surface area contributed by atoms with Gasteiger partial charge in [-0.15, -0.1) is 0 Å². The van der Waals surface area contributed by atoms with Gasteiger partial charge in [0.25, 0.3) is 5.91 Å². The molecule has 7 nitrogen and oxygen atoms in total. The minimum Gasteiger partial charge on any atom is -0.350 e. The fraction of sp³-hybridized carbons (Fsp3) is 0.269. The van der Waals surface area contributed by atoms with Gasteiger partial charge in [0.05, 0.1) is 17.8 Å². The van der Waals surface area contributed by atoms with Crippen LogP contribution in [0.1, 0.15) is 16.9 Å². The van der Waals surface area contributed by atoms with Crippen LogP contribution in [0.4, 0.5) is 14.5 Å². The maximum atomic E-state index is 16.0. The highest BCUT2D eigenvalue weighted by molar-refractivity contribution is 5.99. The first-order valence-electron chi connectivity index (χ1n) is 11.4. The molecule has 35 heavy (non-hydrogen) atoms. The summed E-state index contributed by atoms with van der Waals surface area (Å²) in [6.07, 6.45) is 2.80. The van der Waals surface area contributed by atoms with Gasteiger partial charge < -0.3 is 15.2 Å². The second-order valence-electron chi connectivity index (χ2n) is 8.87. The van der Waals surface area contributed by atoms with Crippen LogP contribution in [0, 0.1) is 24.1 Å². The van der Waals surface area contributed by atoms with Crippen LogP contribution >= 0.6 is 0 Å². The zero-order chi connectivity index (χ0) is 24.7. The molecule has 1 aliphatic rings. The van der Waals surface area contributed by atoms with Gasteiger partial charge in [0.15, 0.2) is 5.82 Å². The van der Waals surface area contributed by atoms with Gasteiger partial charge in [-0.1, -0.05) is 18.2 Å². The number of rotatable bonds is 5. The summed E-state index contributed by atoms with van der Waals surface area (Å²) in [5, 5.41) is 11.4. The van der Waals surface area contributed by atoms with E-state index in [4.69, 9.17) is 6.57 Å². The maximum absolute atomic E-state index is 16.0. The fourth-order valence-corrected chi connectivity index (χ4v) is 4.76. The first kappa shape index (κ1) is 22.7. The molecule has 4 aromatic rings. The second kappa shape index (κ2) is 8.96. The Morgan fingerprint density at radius 1 is 1.23 bits per heavy atom. The molecule has 2 aromatic heterocycles. The highest BCUT2D eigenvalue weighted by Crippen LogP contribution is 2.40. The van der Waals surface area contributed by atoms with E-state index in [0.29, 0.717) is 23.7 Å². The number of hydrogen-bond donors (Lipinski definition) is 2. The lowest BCUT2D eigenvalue weighted by Crippen LogP contribution is -2.32. The quantitative estimate of drug-likeness (QED) is 0.421. The van der Waals surface area contributed by atoms with Crippen molar-refractivity contribution in [2.75, 3.05) is 19.6 Å². The molecule has 2 aromatic carbocycles. The van der Waals surface area contributed by atoms with E-state index >= 15 is 4.39 Å². The third-order valence-corrected chi connectivity index (χ3v) is 6.51. The Labute approximate surface area is 201 Å². The molecule has 0 saturated carbocycles. The molecule has 178 valence electrons. The molecule has 1 atom stereocenters. The van der Waals surface area contributed by atoms with E-state index in [1.807, 2.05) is 31.4 Å². The number of nitrogens with one attached hydrogen (secondary N) is 2. The molecule has 0 bridgehead atoms. The van der Waals surface area contributed by atoms with Crippen molar-refractivity contribution in [3.63, 3.8) is 0 Å². The number of carbonyl (C=O) groups excluding carboxylic acids is 1. The van der Waals surface area contributed by atoms with E-state index in [9.17, 15) is 9.18 Å². The fourth-order valence-electron chi connectivity index (χ4n) is 4.76. The van der Waals surface area contributed by atoms with Crippen LogP contribution in [0.3, 0.4) is 0 Å². The number of fused-ring (bicyclic) bond motifs is 1. The largest absolute Gasteiger partial charge is 0.350 e. The molecule has 0 radical (unpaired) electrons. The Balaban J connectivity index is 1.65. The molecular weight excluding hydrogens is 450 g/mol. The first-order chi connectivity index (χ1) is 16.9. The third kappa shape index (κ3) is 4.06. The van der Waals surface area contributed by atoms with Crippen LogP contribution in [-0.2, 0) is 14.1 Å². The van der Waals surface area contributed by atoms with E-state index in [0.717, 1.165) is 36.5 Å². The monoisotopic (exact) mass is 474 g/mol. The van der Waals surface area contributed by atoms with Gasteiger partial charge in [-0.2, -0.15) is 5.10 Å². The van der Waals surface area contributed by atoms with Gasteiger partial charge in [0.2, 0.25) is 5.69 Å². The Morgan fingerprint density at radius 2 is 2.03 bits per heavy atom. The van der Waals surface area contributed by atoms with Gasteiger partial charge in [-0.3, -0.25) is 9.48 Å². The number of aromatic nitrogens is 3. The van der Waals surface area contributed by atoms with Gasteiger partial charge in [0.1, 0.15) is 11.5 Å². The highest BCUT2D eigenvalue weighted by atomic mass is 19.1. The summed E-state index contributed by atoms with van der Waals surface area (Å²) in [6, 6.07) is 9.48.